The molecule has 3 fully saturated rings. The van der Waals surface area contributed by atoms with E-state index in [-0.39, 0.29) is 17.7 Å². The van der Waals surface area contributed by atoms with E-state index < -0.39 is 0 Å². The van der Waals surface area contributed by atoms with Gasteiger partial charge in [-0.15, -0.1) is 0 Å². The zero-order chi connectivity index (χ0) is 19.7. The van der Waals surface area contributed by atoms with E-state index in [1.54, 1.807) is 42.6 Å². The van der Waals surface area contributed by atoms with Crippen LogP contribution in [0.2, 0.25) is 0 Å². The van der Waals surface area contributed by atoms with Crippen LogP contribution in [-0.4, -0.2) is 46.7 Å². The summed E-state index contributed by atoms with van der Waals surface area (Å²) in [6, 6.07) is 11.0. The minimum Gasteiger partial charge on any atom is -0.457 e. The Morgan fingerprint density at radius 1 is 1.11 bits per heavy atom. The first-order chi connectivity index (χ1) is 13.5. The number of hydrogen-bond donors (Lipinski definition) is 1. The monoisotopic (exact) mass is 379 g/mol. The lowest BCUT2D eigenvalue weighted by molar-refractivity contribution is 0.0217. The van der Waals surface area contributed by atoms with Crippen molar-refractivity contribution in [3.05, 3.63) is 53.9 Å². The minimum absolute atomic E-state index is 0.0417. The average Bonchev–Trinajstić information content (AvgIpc) is 2.71. The van der Waals surface area contributed by atoms with Crippen molar-refractivity contribution in [2.24, 2.45) is 5.92 Å². The van der Waals surface area contributed by atoms with Gasteiger partial charge in [-0.25, -0.2) is 0 Å². The molecular formula is C22H25N3O3. The van der Waals surface area contributed by atoms with Crippen LogP contribution in [0.1, 0.15) is 47.5 Å². The first-order valence-corrected chi connectivity index (χ1v) is 9.81. The molecule has 1 amide bonds. The molecule has 2 aromatic rings. The third kappa shape index (κ3) is 3.78. The van der Waals surface area contributed by atoms with Crippen molar-refractivity contribution < 1.29 is 14.3 Å². The number of nitrogens with zero attached hydrogens (tertiary/aromatic N) is 2. The Morgan fingerprint density at radius 2 is 1.82 bits per heavy atom. The number of ether oxygens (including phenoxy) is 1. The van der Waals surface area contributed by atoms with E-state index in [2.05, 4.69) is 22.1 Å². The number of benzene rings is 1. The topological polar surface area (TPSA) is 71.5 Å². The third-order valence-electron chi connectivity index (χ3n) is 5.92. The molecule has 1 aromatic heterocycles. The van der Waals surface area contributed by atoms with Gasteiger partial charge in [0.05, 0.1) is 0 Å². The number of piperidine rings is 3. The lowest BCUT2D eigenvalue weighted by atomic mass is 9.79. The van der Waals surface area contributed by atoms with Crippen molar-refractivity contribution >= 4 is 11.7 Å². The van der Waals surface area contributed by atoms with Crippen LogP contribution in [0.3, 0.4) is 0 Å². The molecule has 2 atom stereocenters. The van der Waals surface area contributed by atoms with Crippen molar-refractivity contribution in [1.82, 2.24) is 15.2 Å². The predicted molar refractivity (Wildman–Crippen MR) is 106 cm³/mol. The number of amides is 1. The Balaban J connectivity index is 1.41. The Bertz CT molecular complexity index is 871. The summed E-state index contributed by atoms with van der Waals surface area (Å²) in [5, 5.41) is 3.24. The molecule has 0 saturated carbocycles. The smallest absolute Gasteiger partial charge is 0.251 e. The number of nitrogens with one attached hydrogen (secondary N) is 1. The lowest BCUT2D eigenvalue weighted by Gasteiger charge is -2.49. The summed E-state index contributed by atoms with van der Waals surface area (Å²) in [5.41, 5.74) is 0.982. The molecule has 2 unspecified atom stereocenters. The maximum atomic E-state index is 12.7. The maximum Gasteiger partial charge on any atom is 0.251 e. The zero-order valence-corrected chi connectivity index (χ0v) is 16.2. The molecule has 6 nitrogen and oxygen atoms in total. The zero-order valence-electron chi connectivity index (χ0n) is 16.2. The molecule has 28 heavy (non-hydrogen) atoms. The highest BCUT2D eigenvalue weighted by molar-refractivity contribution is 5.94. The molecule has 4 heterocycles. The highest BCUT2D eigenvalue weighted by Gasteiger charge is 2.40. The molecule has 3 saturated heterocycles. The molecule has 0 radical (unpaired) electrons. The second-order valence-corrected chi connectivity index (χ2v) is 7.67. The van der Waals surface area contributed by atoms with Crippen LogP contribution in [0.4, 0.5) is 0 Å². The van der Waals surface area contributed by atoms with E-state index >= 15 is 0 Å². The number of carbonyl (C=O) groups excluding carboxylic acids is 2. The van der Waals surface area contributed by atoms with Crippen molar-refractivity contribution in [2.75, 3.05) is 13.1 Å². The number of fused-ring (bicyclic) bond motifs is 3. The van der Waals surface area contributed by atoms with Crippen molar-refractivity contribution in [3.63, 3.8) is 0 Å². The summed E-state index contributed by atoms with van der Waals surface area (Å²) in [7, 11) is 0. The Morgan fingerprint density at radius 3 is 2.46 bits per heavy atom. The van der Waals surface area contributed by atoms with Gasteiger partial charge in [0.25, 0.3) is 5.91 Å². The molecule has 146 valence electrons. The molecule has 6 heteroatoms. The second kappa shape index (κ2) is 7.72. The molecule has 1 aromatic carbocycles. The molecule has 3 aliphatic heterocycles. The average molecular weight is 379 g/mol. The fraction of sp³-hybridized carbons (Fsp3) is 0.409. The van der Waals surface area contributed by atoms with Crippen LogP contribution >= 0.6 is 0 Å². The van der Waals surface area contributed by atoms with Gasteiger partial charge in [0.15, 0.2) is 5.78 Å². The first-order valence-electron chi connectivity index (χ1n) is 9.81. The standard InChI is InChI=1S/C22H25N3O3/c1-14-21(16-8-11-25(14)12-9-16)24-22(27)17-3-5-18(6-4-17)28-19-7-10-23-20(13-19)15(2)26/h3-7,10,13-14,16,21H,8-9,11-12H2,1-2H3,(H,24,27). The first kappa shape index (κ1) is 18.6. The number of rotatable bonds is 5. The number of pyridine rings is 1. The normalized spacial score (nSPS) is 25.9. The van der Waals surface area contributed by atoms with Crippen molar-refractivity contribution in [3.8, 4) is 11.5 Å². The van der Waals surface area contributed by atoms with E-state index in [9.17, 15) is 9.59 Å². The third-order valence-corrected chi connectivity index (χ3v) is 5.92. The van der Waals surface area contributed by atoms with E-state index in [1.807, 2.05) is 0 Å². The molecule has 0 aliphatic carbocycles. The van der Waals surface area contributed by atoms with Crippen LogP contribution in [-0.2, 0) is 0 Å². The van der Waals surface area contributed by atoms with Gasteiger partial charge in [0.1, 0.15) is 17.2 Å². The van der Waals surface area contributed by atoms with Crippen LogP contribution in [0, 0.1) is 5.92 Å². The number of ketones is 1. The largest absolute Gasteiger partial charge is 0.457 e. The van der Waals surface area contributed by atoms with Gasteiger partial charge in [0, 0.05) is 36.8 Å². The highest BCUT2D eigenvalue weighted by atomic mass is 16.5. The van der Waals surface area contributed by atoms with Crippen molar-refractivity contribution in [1.29, 1.82) is 0 Å². The van der Waals surface area contributed by atoms with Gasteiger partial charge in [-0.2, -0.15) is 0 Å². The summed E-state index contributed by atoms with van der Waals surface area (Å²) in [4.78, 5) is 30.6. The quantitative estimate of drug-likeness (QED) is 0.807. The molecule has 5 rings (SSSR count). The van der Waals surface area contributed by atoms with E-state index in [4.69, 9.17) is 4.74 Å². The summed E-state index contributed by atoms with van der Waals surface area (Å²) < 4.78 is 5.78. The summed E-state index contributed by atoms with van der Waals surface area (Å²) in [5.74, 6) is 1.57. The summed E-state index contributed by atoms with van der Waals surface area (Å²) in [6.07, 6.45) is 3.87. The Hall–Kier alpha value is -2.73. The van der Waals surface area contributed by atoms with Gasteiger partial charge in [-0.1, -0.05) is 0 Å². The fourth-order valence-electron chi connectivity index (χ4n) is 4.26. The molecule has 0 spiro atoms. The van der Waals surface area contributed by atoms with Crippen LogP contribution < -0.4 is 10.1 Å². The van der Waals surface area contributed by atoms with Crippen molar-refractivity contribution in [2.45, 2.75) is 38.8 Å². The van der Waals surface area contributed by atoms with E-state index in [0.717, 1.165) is 25.9 Å². The predicted octanol–water partition coefficient (Wildman–Crippen LogP) is 3.29. The van der Waals surface area contributed by atoms with Gasteiger partial charge in [0.2, 0.25) is 0 Å². The van der Waals surface area contributed by atoms with E-state index in [0.29, 0.717) is 34.7 Å². The number of hydrogen-bond acceptors (Lipinski definition) is 5. The Kier molecular flexibility index (Phi) is 5.13. The van der Waals surface area contributed by atoms with Gasteiger partial charge >= 0.3 is 0 Å². The van der Waals surface area contributed by atoms with Crippen LogP contribution in [0.5, 0.6) is 11.5 Å². The molecule has 3 aliphatic rings. The maximum absolute atomic E-state index is 12.7. The lowest BCUT2D eigenvalue weighted by Crippen LogP contribution is -2.62. The van der Waals surface area contributed by atoms with Gasteiger partial charge in [-0.05, 0) is 69.1 Å². The van der Waals surface area contributed by atoms with Crippen LogP contribution in [0.25, 0.3) is 0 Å². The molecule has 1 N–H and O–H groups in total. The molecule has 2 bridgehead atoms. The second-order valence-electron chi connectivity index (χ2n) is 7.67. The van der Waals surface area contributed by atoms with E-state index in [1.165, 1.54) is 6.92 Å². The fourth-order valence-corrected chi connectivity index (χ4v) is 4.26. The number of carbonyl (C=O) groups is 2. The highest BCUT2D eigenvalue weighted by Crippen LogP contribution is 2.32. The summed E-state index contributed by atoms with van der Waals surface area (Å²) >= 11 is 0. The molecular weight excluding hydrogens is 354 g/mol. The minimum atomic E-state index is -0.112. The number of Topliss-reactive ketones (excluding diaryl/α,β-unsaturated/α-hetero) is 1. The number of aromatic nitrogens is 1. The summed E-state index contributed by atoms with van der Waals surface area (Å²) in [6.45, 7) is 5.96. The van der Waals surface area contributed by atoms with Gasteiger partial charge in [-0.3, -0.25) is 19.5 Å². The SMILES string of the molecule is CC(=O)c1cc(Oc2ccc(C(=O)NC3C4CCN(CC4)C3C)cc2)ccn1. The van der Waals surface area contributed by atoms with Gasteiger partial charge < -0.3 is 10.1 Å². The van der Waals surface area contributed by atoms with Crippen LogP contribution in [0.15, 0.2) is 42.6 Å². The Labute approximate surface area is 164 Å².